The largest absolute Gasteiger partial charge is 0.355 e. The first-order valence-corrected chi connectivity index (χ1v) is 4.05. The Kier molecular flexibility index (Phi) is 2.55. The Balaban J connectivity index is 2.49. The van der Waals surface area contributed by atoms with Crippen molar-refractivity contribution in [2.24, 2.45) is 5.92 Å². The van der Waals surface area contributed by atoms with Crippen LogP contribution in [0.25, 0.3) is 0 Å². The molecule has 0 saturated carbocycles. The highest BCUT2D eigenvalue weighted by Crippen LogP contribution is 2.16. The fourth-order valence-electron chi connectivity index (χ4n) is 1.13. The molecule has 0 aromatic rings. The summed E-state index contributed by atoms with van der Waals surface area (Å²) in [5.74, 6) is 0.562. The number of nitrogens with one attached hydrogen (secondary N) is 1. The van der Waals surface area contributed by atoms with E-state index in [1.54, 1.807) is 0 Å². The van der Waals surface area contributed by atoms with Crippen molar-refractivity contribution in [3.8, 4) is 0 Å². The van der Waals surface area contributed by atoms with Gasteiger partial charge < -0.3 is 5.32 Å². The fourth-order valence-corrected chi connectivity index (χ4v) is 1.51. The number of hydrogen-bond acceptors (Lipinski definition) is 1. The molecule has 1 amide bonds. The van der Waals surface area contributed by atoms with E-state index in [-0.39, 0.29) is 11.3 Å². The summed E-state index contributed by atoms with van der Waals surface area (Å²) in [4.78, 5) is 10.9. The van der Waals surface area contributed by atoms with Crippen LogP contribution in [0.3, 0.4) is 0 Å². The van der Waals surface area contributed by atoms with Crippen LogP contribution in [0.1, 0.15) is 19.8 Å². The molecule has 2 nitrogen and oxygen atoms in total. The van der Waals surface area contributed by atoms with Crippen LogP contribution in [-0.2, 0) is 4.79 Å². The van der Waals surface area contributed by atoms with Gasteiger partial charge in [-0.05, 0) is 18.8 Å². The summed E-state index contributed by atoms with van der Waals surface area (Å²) in [6.07, 6.45) is 1.86. The number of halogens is 1. The Morgan fingerprint density at radius 1 is 1.70 bits per heavy atom. The van der Waals surface area contributed by atoms with Gasteiger partial charge in [0.15, 0.2) is 0 Å². The Labute approximate surface area is 65.9 Å². The van der Waals surface area contributed by atoms with Crippen molar-refractivity contribution < 1.29 is 4.79 Å². The molecule has 0 spiro atoms. The molecule has 2 unspecified atom stereocenters. The molecule has 1 rings (SSSR count). The Morgan fingerprint density at radius 2 is 2.40 bits per heavy atom. The lowest BCUT2D eigenvalue weighted by molar-refractivity contribution is -0.120. The highest BCUT2D eigenvalue weighted by Gasteiger charge is 2.21. The van der Waals surface area contributed by atoms with Gasteiger partial charge in [-0.15, -0.1) is 11.6 Å². The van der Waals surface area contributed by atoms with Gasteiger partial charge in [-0.3, -0.25) is 4.79 Å². The third-order valence-corrected chi connectivity index (χ3v) is 2.21. The average molecular weight is 162 g/mol. The van der Waals surface area contributed by atoms with Crippen LogP contribution in [0.15, 0.2) is 0 Å². The summed E-state index contributed by atoms with van der Waals surface area (Å²) in [6, 6.07) is 0. The molecule has 1 N–H and O–H groups in total. The zero-order valence-electron chi connectivity index (χ0n) is 6.06. The number of amides is 1. The molecule has 3 heteroatoms. The molecule has 0 aliphatic carbocycles. The zero-order chi connectivity index (χ0) is 7.56. The predicted molar refractivity (Wildman–Crippen MR) is 41.0 cm³/mol. The molecule has 1 fully saturated rings. The van der Waals surface area contributed by atoms with E-state index in [1.165, 1.54) is 0 Å². The summed E-state index contributed by atoms with van der Waals surface area (Å²) in [5.41, 5.74) is 0. The van der Waals surface area contributed by atoms with Gasteiger partial charge in [-0.2, -0.15) is 0 Å². The number of alkyl halides is 1. The van der Waals surface area contributed by atoms with Gasteiger partial charge in [-0.1, -0.05) is 6.92 Å². The first-order valence-electron chi connectivity index (χ1n) is 3.62. The van der Waals surface area contributed by atoms with Gasteiger partial charge in [-0.25, -0.2) is 0 Å². The molecule has 10 heavy (non-hydrogen) atoms. The van der Waals surface area contributed by atoms with Gasteiger partial charge >= 0.3 is 0 Å². The van der Waals surface area contributed by atoms with Gasteiger partial charge in [0, 0.05) is 6.54 Å². The Hall–Kier alpha value is -0.240. The van der Waals surface area contributed by atoms with Gasteiger partial charge in [0.05, 0.1) is 0 Å². The minimum atomic E-state index is -0.308. The zero-order valence-corrected chi connectivity index (χ0v) is 6.82. The molecule has 1 heterocycles. The second-order valence-electron chi connectivity index (χ2n) is 2.89. The first kappa shape index (κ1) is 7.86. The fraction of sp³-hybridized carbons (Fsp3) is 0.857. The Bertz CT molecular complexity index is 138. The van der Waals surface area contributed by atoms with E-state index in [0.717, 1.165) is 19.4 Å². The van der Waals surface area contributed by atoms with E-state index in [1.807, 2.05) is 0 Å². The quantitative estimate of drug-likeness (QED) is 0.531. The lowest BCUT2D eigenvalue weighted by Gasteiger charge is -2.06. The summed E-state index contributed by atoms with van der Waals surface area (Å²) in [5, 5.41) is 2.45. The molecule has 0 radical (unpaired) electrons. The van der Waals surface area contributed by atoms with Crippen molar-refractivity contribution in [3.05, 3.63) is 0 Å². The van der Waals surface area contributed by atoms with Crippen molar-refractivity contribution in [1.82, 2.24) is 5.32 Å². The summed E-state index contributed by atoms with van der Waals surface area (Å²) >= 11 is 5.75. The van der Waals surface area contributed by atoms with E-state index >= 15 is 0 Å². The van der Waals surface area contributed by atoms with E-state index in [4.69, 9.17) is 11.6 Å². The summed E-state index contributed by atoms with van der Waals surface area (Å²) < 4.78 is 0. The molecule has 58 valence electrons. The molecule has 1 aliphatic rings. The van der Waals surface area contributed by atoms with Crippen LogP contribution in [0.4, 0.5) is 0 Å². The number of carbonyl (C=O) groups is 1. The van der Waals surface area contributed by atoms with Crippen molar-refractivity contribution >= 4 is 17.5 Å². The van der Waals surface area contributed by atoms with Gasteiger partial charge in [0.1, 0.15) is 5.38 Å². The van der Waals surface area contributed by atoms with Crippen molar-refractivity contribution in [2.45, 2.75) is 25.1 Å². The second-order valence-corrected chi connectivity index (χ2v) is 3.41. The topological polar surface area (TPSA) is 29.1 Å². The van der Waals surface area contributed by atoms with Gasteiger partial charge in [0.2, 0.25) is 5.91 Å². The monoisotopic (exact) mass is 161 g/mol. The minimum absolute atomic E-state index is 0.00832. The van der Waals surface area contributed by atoms with Crippen LogP contribution in [-0.4, -0.2) is 17.8 Å². The van der Waals surface area contributed by atoms with Crippen LogP contribution in [0, 0.1) is 5.92 Å². The summed E-state index contributed by atoms with van der Waals surface area (Å²) in [6.45, 7) is 2.90. The summed E-state index contributed by atoms with van der Waals surface area (Å²) in [7, 11) is 0. The van der Waals surface area contributed by atoms with Crippen LogP contribution >= 0.6 is 11.6 Å². The molecule has 2 atom stereocenters. The predicted octanol–water partition coefficient (Wildman–Crippen LogP) is 1.14. The van der Waals surface area contributed by atoms with Gasteiger partial charge in [0.25, 0.3) is 0 Å². The smallest absolute Gasteiger partial charge is 0.238 e. The molecule has 0 aromatic carbocycles. The lowest BCUT2D eigenvalue weighted by Crippen LogP contribution is -2.29. The number of rotatable bonds is 0. The highest BCUT2D eigenvalue weighted by atomic mass is 35.5. The van der Waals surface area contributed by atoms with Crippen LogP contribution in [0.5, 0.6) is 0 Å². The SMILES string of the molecule is CC1CCNC(=O)C(Cl)C1. The van der Waals surface area contributed by atoms with E-state index in [2.05, 4.69) is 12.2 Å². The lowest BCUT2D eigenvalue weighted by atomic mass is 10.0. The maximum atomic E-state index is 10.9. The average Bonchev–Trinajstić information content (AvgIpc) is 1.96. The number of hydrogen-bond donors (Lipinski definition) is 1. The first-order chi connectivity index (χ1) is 4.70. The highest BCUT2D eigenvalue weighted by molar-refractivity contribution is 6.30. The maximum Gasteiger partial charge on any atom is 0.238 e. The van der Waals surface area contributed by atoms with Crippen molar-refractivity contribution in [2.75, 3.05) is 6.54 Å². The molecule has 0 bridgehead atoms. The third kappa shape index (κ3) is 1.87. The van der Waals surface area contributed by atoms with Crippen molar-refractivity contribution in [1.29, 1.82) is 0 Å². The molecular formula is C7H12ClNO. The minimum Gasteiger partial charge on any atom is -0.355 e. The van der Waals surface area contributed by atoms with Crippen LogP contribution in [0.2, 0.25) is 0 Å². The van der Waals surface area contributed by atoms with Crippen LogP contribution < -0.4 is 5.32 Å². The molecule has 0 aromatic heterocycles. The molecular weight excluding hydrogens is 150 g/mol. The van der Waals surface area contributed by atoms with E-state index in [9.17, 15) is 4.79 Å². The normalized spacial score (nSPS) is 34.8. The standard InChI is InChI=1S/C7H12ClNO/c1-5-2-3-9-7(10)6(8)4-5/h5-6H,2-4H2,1H3,(H,9,10). The molecule has 1 aliphatic heterocycles. The maximum absolute atomic E-state index is 10.9. The third-order valence-electron chi connectivity index (χ3n) is 1.83. The number of carbonyl (C=O) groups excluding carboxylic acids is 1. The Morgan fingerprint density at radius 3 is 3.10 bits per heavy atom. The van der Waals surface area contributed by atoms with E-state index < -0.39 is 0 Å². The van der Waals surface area contributed by atoms with E-state index in [0.29, 0.717) is 5.92 Å². The van der Waals surface area contributed by atoms with Crippen molar-refractivity contribution in [3.63, 3.8) is 0 Å². The second kappa shape index (κ2) is 3.24. The molecule has 1 saturated heterocycles.